The Morgan fingerprint density at radius 2 is 0.833 bits per heavy atom. The van der Waals surface area contributed by atoms with Gasteiger partial charge in [-0.15, -0.1) is 11.8 Å². The molecule has 0 amide bonds. The molecule has 3 nitrogen and oxygen atoms in total. The van der Waals surface area contributed by atoms with Crippen molar-refractivity contribution >= 4 is 0 Å². The molecule has 1 aliphatic rings. The summed E-state index contributed by atoms with van der Waals surface area (Å²) < 4.78 is 12.9. The van der Waals surface area contributed by atoms with Gasteiger partial charge in [0, 0.05) is 19.3 Å². The number of rotatable bonds is 41. The monoisotopic (exact) mass is 928 g/mol. The third kappa shape index (κ3) is 64.7. The van der Waals surface area contributed by atoms with E-state index in [4.69, 9.17) is 9.47 Å². The first-order valence-electron chi connectivity index (χ1n) is 29.7. The van der Waals surface area contributed by atoms with Crippen LogP contribution in [-0.2, 0) is 9.47 Å². The SMILES string of the molecule is CC#CCCCCCCCCC1(CCCCCCCC/C=C\C/C=C\CCCCC)OCC(CCNC)O1.CC/C=C\CCCCC.CCCCC.CCCCC.CCCCCCCCC. The molecule has 2 unspecified atom stereocenters. The average Bonchev–Trinajstić information content (AvgIpc) is 3.74. The molecule has 1 N–H and O–H groups in total. The molecule has 1 fully saturated rings. The fraction of sp³-hybridized carbons (Fsp3) is 0.873. The standard InChI is InChI=1S/C35H63NO2.C9H20.C9H18.2C5H12/c1-4-6-8-10-12-14-15-16-17-18-19-20-22-24-26-28-31-35(37-33-34(38-35)29-32-36-3)30-27-25-23-21-13-11-9-7-5-2;2*1-3-5-7-9-8-6-4-2;2*1-3-5-4-2/h12,14,16-17,34,36H,4,6,8-11,13,15,18-33H2,1-3H3;3-9H2,1-2H3;5,7H,3-4,6,8-9H2,1-2H3;2*3-5H2,1-2H3/b14-12-,17-16-;;7-5-;;. The van der Waals surface area contributed by atoms with Gasteiger partial charge in [0.2, 0.25) is 0 Å². The second-order valence-electron chi connectivity index (χ2n) is 19.1. The van der Waals surface area contributed by atoms with Crippen LogP contribution in [0.3, 0.4) is 0 Å². The van der Waals surface area contributed by atoms with Crippen molar-refractivity contribution in [3.63, 3.8) is 0 Å². The third-order valence-corrected chi connectivity index (χ3v) is 12.2. The predicted molar refractivity (Wildman–Crippen MR) is 304 cm³/mol. The minimum atomic E-state index is -0.315. The van der Waals surface area contributed by atoms with Crippen LogP contribution in [0, 0.1) is 11.8 Å². The minimum absolute atomic E-state index is 0.256. The zero-order chi connectivity index (χ0) is 49.6. The van der Waals surface area contributed by atoms with E-state index in [1.807, 2.05) is 14.0 Å². The van der Waals surface area contributed by atoms with Gasteiger partial charge in [0.25, 0.3) is 0 Å². The fourth-order valence-corrected chi connectivity index (χ4v) is 7.81. The number of hydrogen-bond donors (Lipinski definition) is 1. The van der Waals surface area contributed by atoms with Crippen LogP contribution in [0.1, 0.15) is 326 Å². The van der Waals surface area contributed by atoms with Crippen molar-refractivity contribution in [1.82, 2.24) is 5.32 Å². The Morgan fingerprint density at radius 1 is 0.455 bits per heavy atom. The van der Waals surface area contributed by atoms with E-state index >= 15 is 0 Å². The largest absolute Gasteiger partial charge is 0.347 e. The minimum Gasteiger partial charge on any atom is -0.347 e. The lowest BCUT2D eigenvalue weighted by Crippen LogP contribution is -2.31. The van der Waals surface area contributed by atoms with Crippen molar-refractivity contribution in [2.24, 2.45) is 0 Å². The molecule has 0 spiro atoms. The van der Waals surface area contributed by atoms with Crippen LogP contribution in [0.15, 0.2) is 36.5 Å². The van der Waals surface area contributed by atoms with Gasteiger partial charge in [0.05, 0.1) is 12.7 Å². The predicted octanol–water partition coefficient (Wildman–Crippen LogP) is 21.7. The van der Waals surface area contributed by atoms with Gasteiger partial charge in [0.15, 0.2) is 5.79 Å². The van der Waals surface area contributed by atoms with Crippen LogP contribution < -0.4 is 5.32 Å². The number of hydrogen-bond acceptors (Lipinski definition) is 3. The first kappa shape index (κ1) is 71.2. The van der Waals surface area contributed by atoms with Gasteiger partial charge >= 0.3 is 0 Å². The summed E-state index contributed by atoms with van der Waals surface area (Å²) in [6, 6.07) is 0. The van der Waals surface area contributed by atoms with Crippen LogP contribution >= 0.6 is 0 Å². The molecule has 394 valence electrons. The average molecular weight is 929 g/mol. The van der Waals surface area contributed by atoms with E-state index in [1.165, 1.54) is 225 Å². The molecule has 0 aliphatic carbocycles. The van der Waals surface area contributed by atoms with Crippen LogP contribution in [0.5, 0.6) is 0 Å². The number of nitrogens with one attached hydrogen (secondary N) is 1. The summed E-state index contributed by atoms with van der Waals surface area (Å²) in [5.41, 5.74) is 0. The van der Waals surface area contributed by atoms with E-state index in [-0.39, 0.29) is 11.9 Å². The number of unbranched alkanes of at least 4 members (excludes halogenated alkanes) is 28. The summed E-state index contributed by atoms with van der Waals surface area (Å²) in [7, 11) is 2.02. The number of ether oxygens (including phenoxy) is 2. The molecule has 0 aromatic carbocycles. The van der Waals surface area contributed by atoms with Crippen LogP contribution in [0.4, 0.5) is 0 Å². The summed E-state index contributed by atoms with van der Waals surface area (Å²) in [6.45, 7) is 23.8. The lowest BCUT2D eigenvalue weighted by atomic mass is 9.98. The molecule has 1 heterocycles. The molecule has 0 aromatic rings. The second kappa shape index (κ2) is 67.9. The van der Waals surface area contributed by atoms with E-state index < -0.39 is 0 Å². The van der Waals surface area contributed by atoms with Crippen molar-refractivity contribution in [1.29, 1.82) is 0 Å². The lowest BCUT2D eigenvalue weighted by Gasteiger charge is -2.28. The summed E-state index contributed by atoms with van der Waals surface area (Å²) in [5, 5.41) is 3.26. The molecule has 0 aromatic heterocycles. The van der Waals surface area contributed by atoms with Gasteiger partial charge in [0.1, 0.15) is 0 Å². The fourth-order valence-electron chi connectivity index (χ4n) is 7.81. The zero-order valence-corrected chi connectivity index (χ0v) is 47.6. The van der Waals surface area contributed by atoms with Crippen LogP contribution in [0.25, 0.3) is 0 Å². The zero-order valence-electron chi connectivity index (χ0n) is 47.6. The topological polar surface area (TPSA) is 30.5 Å². The third-order valence-electron chi connectivity index (χ3n) is 12.2. The Hall–Kier alpha value is -1.34. The molecule has 0 saturated carbocycles. The highest BCUT2D eigenvalue weighted by Gasteiger charge is 2.40. The molecule has 0 bridgehead atoms. The molecule has 1 rings (SSSR count). The first-order valence-corrected chi connectivity index (χ1v) is 29.7. The molecule has 1 aliphatic heterocycles. The molecule has 3 heteroatoms. The van der Waals surface area contributed by atoms with Crippen molar-refractivity contribution in [2.75, 3.05) is 20.2 Å². The summed E-state index contributed by atoms with van der Waals surface area (Å²) >= 11 is 0. The molecular weight excluding hydrogens is 803 g/mol. The molecule has 1 saturated heterocycles. The van der Waals surface area contributed by atoms with Gasteiger partial charge in [-0.3, -0.25) is 0 Å². The molecule has 0 radical (unpaired) electrons. The van der Waals surface area contributed by atoms with Crippen LogP contribution in [-0.4, -0.2) is 32.1 Å². The second-order valence-corrected chi connectivity index (χ2v) is 19.1. The highest BCUT2D eigenvalue weighted by molar-refractivity contribution is 4.94. The Balaban J connectivity index is -0.000000548. The van der Waals surface area contributed by atoms with E-state index in [0.717, 1.165) is 45.3 Å². The van der Waals surface area contributed by atoms with Crippen LogP contribution in [0.2, 0.25) is 0 Å². The first-order chi connectivity index (χ1) is 32.4. The smallest absolute Gasteiger partial charge is 0.168 e. The van der Waals surface area contributed by atoms with Gasteiger partial charge in [-0.2, -0.15) is 0 Å². The Kier molecular flexibility index (Phi) is 73.3. The summed E-state index contributed by atoms with van der Waals surface area (Å²) in [4.78, 5) is 0. The molecular formula is C63H125NO2. The highest BCUT2D eigenvalue weighted by atomic mass is 16.7. The van der Waals surface area contributed by atoms with E-state index in [2.05, 4.69) is 116 Å². The van der Waals surface area contributed by atoms with Crippen molar-refractivity contribution < 1.29 is 9.47 Å². The maximum atomic E-state index is 6.56. The molecule has 66 heavy (non-hydrogen) atoms. The summed E-state index contributed by atoms with van der Waals surface area (Å²) in [5.74, 6) is 5.85. The van der Waals surface area contributed by atoms with Gasteiger partial charge in [-0.05, 0) is 97.6 Å². The van der Waals surface area contributed by atoms with Gasteiger partial charge < -0.3 is 14.8 Å². The maximum Gasteiger partial charge on any atom is 0.168 e. The summed E-state index contributed by atoms with van der Waals surface area (Å²) in [6.07, 6.45) is 66.3. The normalized spacial score (nSPS) is 15.3. The van der Waals surface area contributed by atoms with E-state index in [1.54, 1.807) is 0 Å². The molecule has 2 atom stereocenters. The van der Waals surface area contributed by atoms with Crippen molar-refractivity contribution in [2.45, 2.75) is 338 Å². The Morgan fingerprint density at radius 3 is 1.24 bits per heavy atom. The highest BCUT2D eigenvalue weighted by Crippen LogP contribution is 2.35. The Labute approximate surface area is 419 Å². The quantitative estimate of drug-likeness (QED) is 0.0376. The van der Waals surface area contributed by atoms with Gasteiger partial charge in [-0.1, -0.05) is 259 Å². The number of allylic oxidation sites excluding steroid dienone is 6. The van der Waals surface area contributed by atoms with E-state index in [0.29, 0.717) is 0 Å². The maximum absolute atomic E-state index is 6.56. The van der Waals surface area contributed by atoms with Crippen molar-refractivity contribution in [3.05, 3.63) is 36.5 Å². The lowest BCUT2D eigenvalue weighted by molar-refractivity contribution is -0.179. The van der Waals surface area contributed by atoms with E-state index in [9.17, 15) is 0 Å². The Bertz CT molecular complexity index is 959. The van der Waals surface area contributed by atoms with Crippen molar-refractivity contribution in [3.8, 4) is 11.8 Å². The van der Waals surface area contributed by atoms with Gasteiger partial charge in [-0.25, -0.2) is 0 Å².